The number of hydrogen-bond acceptors (Lipinski definition) is 4. The molecule has 0 radical (unpaired) electrons. The molecule has 236 valence electrons. The summed E-state index contributed by atoms with van der Waals surface area (Å²) in [5.41, 5.74) is 11.6. The van der Waals surface area contributed by atoms with Crippen molar-refractivity contribution in [2.24, 2.45) is 10.2 Å². The van der Waals surface area contributed by atoms with Crippen molar-refractivity contribution in [1.29, 1.82) is 0 Å². The predicted octanol–water partition coefficient (Wildman–Crippen LogP) is 9.01. The van der Waals surface area contributed by atoms with E-state index in [9.17, 15) is 9.59 Å². The molecule has 0 unspecified atom stereocenters. The molecule has 48 heavy (non-hydrogen) atoms. The van der Waals surface area contributed by atoms with Crippen LogP contribution in [0.4, 0.5) is 11.4 Å². The van der Waals surface area contributed by atoms with Crippen LogP contribution < -0.4 is 9.13 Å². The third-order valence-corrected chi connectivity index (χ3v) is 8.62. The summed E-state index contributed by atoms with van der Waals surface area (Å²) in [6.07, 6.45) is 4.09. The summed E-state index contributed by atoms with van der Waals surface area (Å²) in [5.74, 6) is 0.180. The minimum absolute atomic E-state index is 0.0899. The van der Waals surface area contributed by atoms with Crippen LogP contribution >= 0.6 is 0 Å². The van der Waals surface area contributed by atoms with E-state index < -0.39 is 0 Å². The van der Waals surface area contributed by atoms with Crippen LogP contribution in [0.2, 0.25) is 0 Å². The smallest absolute Gasteiger partial charge is 0.227 e. The lowest BCUT2D eigenvalue weighted by Crippen LogP contribution is -2.41. The monoisotopic (exact) mass is 630 g/mol. The zero-order valence-corrected chi connectivity index (χ0v) is 27.7. The molecule has 2 heterocycles. The molecule has 0 bridgehead atoms. The molecule has 6 rings (SSSR count). The number of carbonyl (C=O) groups excluding carboxylic acids is 2. The Morgan fingerprint density at radius 2 is 0.854 bits per heavy atom. The van der Waals surface area contributed by atoms with Crippen LogP contribution in [-0.2, 0) is 13.1 Å². The number of benzene rings is 4. The van der Waals surface area contributed by atoms with Gasteiger partial charge in [-0.3, -0.25) is 9.59 Å². The first-order valence-electron chi connectivity index (χ1n) is 16.1. The van der Waals surface area contributed by atoms with Gasteiger partial charge in [0, 0.05) is 48.2 Å². The normalized spacial score (nSPS) is 11.2. The van der Waals surface area contributed by atoms with Gasteiger partial charge in [0.2, 0.25) is 24.7 Å². The first-order chi connectivity index (χ1) is 23.2. The molecule has 0 aliphatic rings. The molecule has 0 spiro atoms. The van der Waals surface area contributed by atoms with Crippen molar-refractivity contribution in [3.63, 3.8) is 0 Å². The van der Waals surface area contributed by atoms with Crippen molar-refractivity contribution in [3.8, 4) is 22.3 Å². The zero-order chi connectivity index (χ0) is 33.6. The molecule has 0 saturated heterocycles. The van der Waals surface area contributed by atoms with Crippen LogP contribution in [0.3, 0.4) is 0 Å². The number of nitrogens with zero attached hydrogens (tertiary/aromatic N) is 4. The highest BCUT2D eigenvalue weighted by Gasteiger charge is 2.19. The van der Waals surface area contributed by atoms with Gasteiger partial charge < -0.3 is 0 Å². The number of Topliss-reactive ketones (excluding diaryl/α,β-unsaturated/α-hetero) is 2. The van der Waals surface area contributed by atoms with E-state index in [-0.39, 0.29) is 11.6 Å². The van der Waals surface area contributed by atoms with Crippen molar-refractivity contribution in [2.45, 2.75) is 40.8 Å². The Labute approximate surface area is 281 Å². The lowest BCUT2D eigenvalue weighted by atomic mass is 10.0. The average molecular weight is 631 g/mol. The number of ketones is 2. The summed E-state index contributed by atoms with van der Waals surface area (Å²) < 4.78 is 4.02. The van der Waals surface area contributed by atoms with Gasteiger partial charge >= 0.3 is 0 Å². The Kier molecular flexibility index (Phi) is 9.53. The van der Waals surface area contributed by atoms with Gasteiger partial charge in [-0.15, -0.1) is 0 Å². The second-order valence-electron chi connectivity index (χ2n) is 12.2. The molecule has 0 amide bonds. The number of aryl methyl sites for hydroxylation is 4. The first kappa shape index (κ1) is 32.1. The summed E-state index contributed by atoms with van der Waals surface area (Å²) in [6.45, 7) is 8.80. The Balaban J connectivity index is 1.11. The van der Waals surface area contributed by atoms with Gasteiger partial charge in [0.05, 0.1) is 11.4 Å². The molecule has 0 saturated carbocycles. The zero-order valence-electron chi connectivity index (χ0n) is 27.7. The number of azo groups is 1. The van der Waals surface area contributed by atoms with Gasteiger partial charge in [-0.25, -0.2) is 0 Å². The molecule has 6 nitrogen and oxygen atoms in total. The van der Waals surface area contributed by atoms with Gasteiger partial charge in [-0.05, 0) is 60.4 Å². The van der Waals surface area contributed by atoms with Crippen molar-refractivity contribution < 1.29 is 18.7 Å². The minimum Gasteiger partial charge on any atom is -0.287 e. The second-order valence-corrected chi connectivity index (χ2v) is 12.2. The fourth-order valence-corrected chi connectivity index (χ4v) is 5.86. The molecule has 0 fully saturated rings. The second kappa shape index (κ2) is 14.3. The highest BCUT2D eigenvalue weighted by molar-refractivity contribution is 5.95. The SMILES string of the molecule is Cc1c[n+](CC(=O)c2ccccc2)c(C)cc1-c1ccc(N=Nc2ccc(-c3cc(C)[n+](CC(=O)c4ccccc4)cc3C)cc2)cc1. The van der Waals surface area contributed by atoms with Crippen molar-refractivity contribution in [3.05, 3.63) is 167 Å². The molecule has 6 heteroatoms. The summed E-state index contributed by atoms with van der Waals surface area (Å²) >= 11 is 0. The molecule has 4 aromatic carbocycles. The van der Waals surface area contributed by atoms with E-state index in [2.05, 4.69) is 60.5 Å². The van der Waals surface area contributed by atoms with Crippen LogP contribution in [0.25, 0.3) is 22.3 Å². The minimum atomic E-state index is 0.0899. The largest absolute Gasteiger partial charge is 0.287 e. The van der Waals surface area contributed by atoms with E-state index in [4.69, 9.17) is 0 Å². The third kappa shape index (κ3) is 7.39. The Hall–Kier alpha value is -5.88. The topological polar surface area (TPSA) is 66.6 Å². The third-order valence-electron chi connectivity index (χ3n) is 8.62. The van der Waals surface area contributed by atoms with Gasteiger partial charge in [0.15, 0.2) is 23.8 Å². The molecule has 0 N–H and O–H groups in total. The lowest BCUT2D eigenvalue weighted by Gasteiger charge is -2.09. The summed E-state index contributed by atoms with van der Waals surface area (Å²) in [7, 11) is 0. The highest BCUT2D eigenvalue weighted by atomic mass is 16.1. The van der Waals surface area contributed by atoms with Crippen LogP contribution in [0.1, 0.15) is 43.2 Å². The highest BCUT2D eigenvalue weighted by Crippen LogP contribution is 2.28. The van der Waals surface area contributed by atoms with Crippen LogP contribution in [-0.4, -0.2) is 11.6 Å². The molecule has 0 aliphatic carbocycles. The van der Waals surface area contributed by atoms with Crippen molar-refractivity contribution in [2.75, 3.05) is 0 Å². The van der Waals surface area contributed by atoms with E-state index in [0.29, 0.717) is 13.1 Å². The summed E-state index contributed by atoms with van der Waals surface area (Å²) in [6, 6.07) is 39.2. The molecule has 0 aliphatic heterocycles. The van der Waals surface area contributed by atoms with Gasteiger partial charge in [-0.1, -0.05) is 84.9 Å². The maximum Gasteiger partial charge on any atom is 0.227 e. The molecule has 0 atom stereocenters. The predicted molar refractivity (Wildman–Crippen MR) is 189 cm³/mol. The van der Waals surface area contributed by atoms with E-state index in [1.54, 1.807) is 0 Å². The molecular weight excluding hydrogens is 592 g/mol. The fraction of sp³-hybridized carbons (Fsp3) is 0.143. The lowest BCUT2D eigenvalue weighted by molar-refractivity contribution is -0.689. The fourth-order valence-electron chi connectivity index (χ4n) is 5.86. The van der Waals surface area contributed by atoms with E-state index in [1.165, 1.54) is 0 Å². The molecule has 6 aromatic rings. The van der Waals surface area contributed by atoms with Gasteiger partial charge in [0.25, 0.3) is 0 Å². The van der Waals surface area contributed by atoms with Crippen LogP contribution in [0, 0.1) is 27.7 Å². The standard InChI is InChI=1S/C42H38N4O2/c1-29-25-45(27-41(47)35-11-7-5-8-12-35)31(3)23-39(29)33-15-19-37(20-16-33)43-44-38-21-17-34(18-22-38)40-24-32(4)46(26-30(40)2)28-42(48)36-13-9-6-10-14-36/h5-26H,27-28H2,1-4H3/q+2. The first-order valence-corrected chi connectivity index (χ1v) is 16.1. The Bertz CT molecular complexity index is 1970. The summed E-state index contributed by atoms with van der Waals surface area (Å²) in [5, 5.41) is 8.95. The van der Waals surface area contributed by atoms with E-state index in [0.717, 1.165) is 67.3 Å². The van der Waals surface area contributed by atoms with Crippen LogP contribution in [0.5, 0.6) is 0 Å². The quantitative estimate of drug-likeness (QED) is 0.0861. The van der Waals surface area contributed by atoms with E-state index in [1.807, 2.05) is 120 Å². The van der Waals surface area contributed by atoms with Gasteiger partial charge in [-0.2, -0.15) is 19.4 Å². The molecule has 2 aromatic heterocycles. The maximum atomic E-state index is 12.8. The number of rotatable bonds is 10. The molecular formula is C42H38N4O2+2. The van der Waals surface area contributed by atoms with Gasteiger partial charge in [0.1, 0.15) is 0 Å². The number of hydrogen-bond donors (Lipinski definition) is 0. The van der Waals surface area contributed by atoms with Crippen molar-refractivity contribution >= 4 is 22.9 Å². The van der Waals surface area contributed by atoms with E-state index >= 15 is 0 Å². The number of pyridine rings is 2. The number of carbonyl (C=O) groups is 2. The average Bonchev–Trinajstić information content (AvgIpc) is 3.11. The Morgan fingerprint density at radius 1 is 0.500 bits per heavy atom. The number of aromatic nitrogens is 2. The van der Waals surface area contributed by atoms with Crippen LogP contribution in [0.15, 0.2) is 144 Å². The Morgan fingerprint density at radius 3 is 1.21 bits per heavy atom. The van der Waals surface area contributed by atoms with Crippen molar-refractivity contribution in [1.82, 2.24) is 0 Å². The summed E-state index contributed by atoms with van der Waals surface area (Å²) in [4.78, 5) is 25.5. The maximum absolute atomic E-state index is 12.8.